The lowest BCUT2D eigenvalue weighted by molar-refractivity contribution is -0.0493. The molecular weight excluding hydrogens is 426 g/mol. The van der Waals surface area contributed by atoms with Crippen LogP contribution in [0.5, 0.6) is 0 Å². The van der Waals surface area contributed by atoms with Gasteiger partial charge in [0, 0.05) is 13.0 Å². The van der Waals surface area contributed by atoms with E-state index >= 15 is 0 Å². The molecule has 8 heteroatoms. The van der Waals surface area contributed by atoms with Crippen molar-refractivity contribution < 1.29 is 25.8 Å². The van der Waals surface area contributed by atoms with E-state index in [0.717, 1.165) is 16.6 Å². The van der Waals surface area contributed by atoms with Crippen LogP contribution in [0.15, 0.2) is 60.7 Å². The molecule has 0 amide bonds. The Labute approximate surface area is 179 Å². The lowest BCUT2D eigenvalue weighted by atomic mass is 10.2. The molecule has 0 saturated heterocycles. The molecule has 0 heterocycles. The standard InChI is InChI=1S/C22H30F2O4SSi/c1-21(2,3)30(19-12-7-5-8-13-19,20-14-9-6-10-15-20)28-17-11-16-22(23,24)18-27-29(4,25)26/h5-10,12-15H,11,16-18H2,1-4H3. The molecule has 0 N–H and O–H groups in total. The molecule has 0 spiro atoms. The third-order valence-corrected chi connectivity index (χ3v) is 10.5. The van der Waals surface area contributed by atoms with E-state index in [-0.39, 0.29) is 18.1 Å². The van der Waals surface area contributed by atoms with Crippen molar-refractivity contribution in [2.75, 3.05) is 19.5 Å². The lowest BCUT2D eigenvalue weighted by Crippen LogP contribution is -2.66. The van der Waals surface area contributed by atoms with Crippen LogP contribution < -0.4 is 10.4 Å². The summed E-state index contributed by atoms with van der Waals surface area (Å²) in [6, 6.07) is 19.9. The Morgan fingerprint density at radius 2 is 1.37 bits per heavy atom. The lowest BCUT2D eigenvalue weighted by Gasteiger charge is -2.43. The van der Waals surface area contributed by atoms with Crippen LogP contribution in [0.4, 0.5) is 8.78 Å². The number of halogens is 2. The van der Waals surface area contributed by atoms with Gasteiger partial charge >= 0.3 is 0 Å². The first-order valence-electron chi connectivity index (χ1n) is 9.85. The van der Waals surface area contributed by atoms with Crippen LogP contribution in [0.1, 0.15) is 33.6 Å². The quantitative estimate of drug-likeness (QED) is 0.309. The van der Waals surface area contributed by atoms with Gasteiger partial charge in [0.25, 0.3) is 24.4 Å². The summed E-state index contributed by atoms with van der Waals surface area (Å²) in [7, 11) is -6.67. The zero-order chi connectivity index (χ0) is 22.5. The molecule has 0 atom stereocenters. The summed E-state index contributed by atoms with van der Waals surface area (Å²) in [6.07, 6.45) is 0.334. The Kier molecular flexibility index (Phi) is 7.95. The van der Waals surface area contributed by atoms with Crippen molar-refractivity contribution in [1.29, 1.82) is 0 Å². The van der Waals surface area contributed by atoms with Gasteiger partial charge in [-0.25, -0.2) is 8.78 Å². The normalized spacial score (nSPS) is 13.4. The average molecular weight is 457 g/mol. The van der Waals surface area contributed by atoms with Crippen LogP contribution in [0.3, 0.4) is 0 Å². The molecule has 0 aliphatic carbocycles. The summed E-state index contributed by atoms with van der Waals surface area (Å²) in [6.45, 7) is 5.35. The van der Waals surface area contributed by atoms with Crippen LogP contribution in [0.2, 0.25) is 5.04 Å². The highest BCUT2D eigenvalue weighted by molar-refractivity contribution is 7.85. The number of hydrogen-bond donors (Lipinski definition) is 0. The van der Waals surface area contributed by atoms with Crippen molar-refractivity contribution in [3.05, 3.63) is 60.7 Å². The fraction of sp³-hybridized carbons (Fsp3) is 0.455. The molecule has 30 heavy (non-hydrogen) atoms. The van der Waals surface area contributed by atoms with Gasteiger partial charge in [-0.3, -0.25) is 4.18 Å². The Hall–Kier alpha value is -1.61. The molecule has 2 aromatic rings. The van der Waals surface area contributed by atoms with Gasteiger partial charge in [0.05, 0.1) is 6.26 Å². The monoisotopic (exact) mass is 456 g/mol. The van der Waals surface area contributed by atoms with Gasteiger partial charge in [-0.05, 0) is 21.8 Å². The Morgan fingerprint density at radius 3 is 1.77 bits per heavy atom. The fourth-order valence-corrected chi connectivity index (χ4v) is 8.58. The minimum atomic E-state index is -3.91. The van der Waals surface area contributed by atoms with Gasteiger partial charge < -0.3 is 4.43 Å². The molecule has 2 aromatic carbocycles. The SMILES string of the molecule is CC(C)(C)[Si](OCCCC(F)(F)COS(C)(=O)=O)(c1ccccc1)c1ccccc1. The van der Waals surface area contributed by atoms with Crippen LogP contribution in [-0.2, 0) is 18.7 Å². The van der Waals surface area contributed by atoms with Crippen molar-refractivity contribution in [1.82, 2.24) is 0 Å². The number of alkyl halides is 2. The second-order valence-electron chi connectivity index (χ2n) is 8.44. The second kappa shape index (κ2) is 9.68. The van der Waals surface area contributed by atoms with Crippen LogP contribution in [-0.4, -0.2) is 42.1 Å². The summed E-state index contributed by atoms with van der Waals surface area (Å²) < 4.78 is 60.8. The summed E-state index contributed by atoms with van der Waals surface area (Å²) in [5.74, 6) is -3.24. The Morgan fingerprint density at radius 1 is 0.900 bits per heavy atom. The van der Waals surface area contributed by atoms with E-state index in [9.17, 15) is 17.2 Å². The molecule has 0 aliphatic rings. The highest BCUT2D eigenvalue weighted by Gasteiger charge is 2.50. The van der Waals surface area contributed by atoms with Crippen molar-refractivity contribution >= 4 is 28.8 Å². The maximum Gasteiger partial charge on any atom is 0.272 e. The third-order valence-electron chi connectivity index (χ3n) is 4.91. The van der Waals surface area contributed by atoms with Gasteiger partial charge in [0.15, 0.2) is 0 Å². The molecule has 0 fully saturated rings. The second-order valence-corrected chi connectivity index (χ2v) is 14.4. The molecule has 0 bridgehead atoms. The topological polar surface area (TPSA) is 52.6 Å². The zero-order valence-electron chi connectivity index (χ0n) is 17.9. The summed E-state index contributed by atoms with van der Waals surface area (Å²) in [5, 5.41) is 1.92. The van der Waals surface area contributed by atoms with Crippen LogP contribution >= 0.6 is 0 Å². The van der Waals surface area contributed by atoms with Gasteiger partial charge in [0.2, 0.25) is 0 Å². The molecule has 0 aromatic heterocycles. The smallest absolute Gasteiger partial charge is 0.272 e. The van der Waals surface area contributed by atoms with E-state index < -0.39 is 37.4 Å². The minimum absolute atomic E-state index is 0.0879. The Balaban J connectivity index is 2.23. The zero-order valence-corrected chi connectivity index (χ0v) is 19.7. The van der Waals surface area contributed by atoms with Gasteiger partial charge in [-0.15, -0.1) is 0 Å². The molecular formula is C22H30F2O4SSi. The molecule has 0 unspecified atom stereocenters. The highest BCUT2D eigenvalue weighted by Crippen LogP contribution is 2.37. The van der Waals surface area contributed by atoms with Crippen molar-refractivity contribution in [2.24, 2.45) is 0 Å². The maximum atomic E-state index is 14.0. The fourth-order valence-electron chi connectivity index (χ4n) is 3.58. The van der Waals surface area contributed by atoms with Crippen molar-refractivity contribution in [3.8, 4) is 0 Å². The van der Waals surface area contributed by atoms with E-state index in [1.165, 1.54) is 0 Å². The Bertz CT molecular complexity index is 858. The van der Waals surface area contributed by atoms with E-state index in [1.807, 2.05) is 60.7 Å². The summed E-state index contributed by atoms with van der Waals surface area (Å²) in [4.78, 5) is 0. The maximum absolute atomic E-state index is 14.0. The van der Waals surface area contributed by atoms with E-state index in [4.69, 9.17) is 4.43 Å². The largest absolute Gasteiger partial charge is 0.407 e. The van der Waals surface area contributed by atoms with Crippen LogP contribution in [0.25, 0.3) is 0 Å². The molecule has 166 valence electrons. The van der Waals surface area contributed by atoms with Gasteiger partial charge in [-0.1, -0.05) is 81.4 Å². The van der Waals surface area contributed by atoms with Gasteiger partial charge in [-0.2, -0.15) is 8.42 Å². The number of hydrogen-bond acceptors (Lipinski definition) is 4. The summed E-state index contributed by atoms with van der Waals surface area (Å²) >= 11 is 0. The summed E-state index contributed by atoms with van der Waals surface area (Å²) in [5.41, 5.74) is 0. The van der Waals surface area contributed by atoms with Gasteiger partial charge in [0.1, 0.15) is 6.61 Å². The van der Waals surface area contributed by atoms with E-state index in [1.54, 1.807) is 0 Å². The molecule has 0 aliphatic heterocycles. The molecule has 4 nitrogen and oxygen atoms in total. The molecule has 0 radical (unpaired) electrons. The predicted octanol–water partition coefficient (Wildman–Crippen LogP) is 3.95. The molecule has 2 rings (SSSR count). The van der Waals surface area contributed by atoms with Crippen LogP contribution in [0, 0.1) is 0 Å². The molecule has 0 saturated carbocycles. The third kappa shape index (κ3) is 6.44. The first-order chi connectivity index (χ1) is 13.9. The first kappa shape index (κ1) is 24.7. The minimum Gasteiger partial charge on any atom is -0.407 e. The van der Waals surface area contributed by atoms with Crippen molar-refractivity contribution in [2.45, 2.75) is 44.6 Å². The number of rotatable bonds is 10. The predicted molar refractivity (Wildman–Crippen MR) is 119 cm³/mol. The van der Waals surface area contributed by atoms with E-state index in [2.05, 4.69) is 25.0 Å². The van der Waals surface area contributed by atoms with E-state index in [0.29, 0.717) is 0 Å². The average Bonchev–Trinajstić information content (AvgIpc) is 2.67. The first-order valence-corrected chi connectivity index (χ1v) is 13.6. The van der Waals surface area contributed by atoms with Crippen molar-refractivity contribution in [3.63, 3.8) is 0 Å². The highest BCUT2D eigenvalue weighted by atomic mass is 32.2. The number of benzene rings is 2.